The maximum atomic E-state index is 13.4. The standard InChI is InChI=1S/C28H19NO3/c30-26-21-13-7-8-14-22(21)27(31)24-17-20(15-16-23(24)26)29-28(32)25(18-9-3-1-4-10-18)19-11-5-2-6-12-19/h1-17,25H,(H,29,32). The number of benzene rings is 4. The summed E-state index contributed by atoms with van der Waals surface area (Å²) >= 11 is 0. The molecule has 0 spiro atoms. The Hall–Kier alpha value is -4.31. The summed E-state index contributed by atoms with van der Waals surface area (Å²) in [4.78, 5) is 39.2. The van der Waals surface area contributed by atoms with Crippen molar-refractivity contribution < 1.29 is 14.4 Å². The smallest absolute Gasteiger partial charge is 0.236 e. The van der Waals surface area contributed by atoms with Crippen molar-refractivity contribution in [1.29, 1.82) is 0 Å². The third-order valence-corrected chi connectivity index (χ3v) is 5.72. The highest BCUT2D eigenvalue weighted by molar-refractivity contribution is 6.28. The number of fused-ring (bicyclic) bond motifs is 2. The molecule has 0 atom stereocenters. The predicted molar refractivity (Wildman–Crippen MR) is 123 cm³/mol. The lowest BCUT2D eigenvalue weighted by Gasteiger charge is -2.20. The monoisotopic (exact) mass is 417 g/mol. The van der Waals surface area contributed by atoms with Crippen LogP contribution in [0.3, 0.4) is 0 Å². The number of carbonyl (C=O) groups excluding carboxylic acids is 3. The van der Waals surface area contributed by atoms with Gasteiger partial charge in [0.2, 0.25) is 5.91 Å². The molecular formula is C28H19NO3. The molecule has 4 nitrogen and oxygen atoms in total. The minimum atomic E-state index is -0.508. The Morgan fingerprint density at radius 2 is 1.03 bits per heavy atom. The van der Waals surface area contributed by atoms with E-state index in [0.29, 0.717) is 27.9 Å². The van der Waals surface area contributed by atoms with E-state index in [1.54, 1.807) is 42.5 Å². The molecule has 0 aliphatic heterocycles. The molecule has 32 heavy (non-hydrogen) atoms. The highest BCUT2D eigenvalue weighted by Gasteiger charge is 2.30. The number of ketones is 2. The summed E-state index contributed by atoms with van der Waals surface area (Å²) in [5.41, 5.74) is 3.68. The maximum Gasteiger partial charge on any atom is 0.236 e. The lowest BCUT2D eigenvalue weighted by atomic mass is 9.84. The van der Waals surface area contributed by atoms with Gasteiger partial charge in [-0.1, -0.05) is 84.9 Å². The predicted octanol–water partition coefficient (Wildman–Crippen LogP) is 5.23. The molecule has 0 radical (unpaired) electrons. The van der Waals surface area contributed by atoms with E-state index in [4.69, 9.17) is 0 Å². The van der Waals surface area contributed by atoms with Gasteiger partial charge in [0.25, 0.3) is 0 Å². The molecule has 0 saturated heterocycles. The number of amides is 1. The number of rotatable bonds is 4. The summed E-state index contributed by atoms with van der Waals surface area (Å²) in [6.07, 6.45) is 0. The van der Waals surface area contributed by atoms with Gasteiger partial charge in [0.05, 0.1) is 5.92 Å². The second kappa shape index (κ2) is 8.08. The molecule has 0 heterocycles. The van der Waals surface area contributed by atoms with Gasteiger partial charge in [-0.3, -0.25) is 14.4 Å². The van der Waals surface area contributed by atoms with Crippen molar-refractivity contribution in [2.24, 2.45) is 0 Å². The van der Waals surface area contributed by atoms with E-state index < -0.39 is 5.92 Å². The molecule has 4 aromatic carbocycles. The first-order valence-electron chi connectivity index (χ1n) is 10.4. The van der Waals surface area contributed by atoms with E-state index in [0.717, 1.165) is 11.1 Å². The quantitative estimate of drug-likeness (QED) is 0.435. The van der Waals surface area contributed by atoms with Gasteiger partial charge < -0.3 is 5.32 Å². The average molecular weight is 417 g/mol. The maximum absolute atomic E-state index is 13.4. The van der Waals surface area contributed by atoms with E-state index in [-0.39, 0.29) is 17.5 Å². The number of anilines is 1. The van der Waals surface area contributed by atoms with Gasteiger partial charge in [-0.05, 0) is 29.3 Å². The summed E-state index contributed by atoms with van der Waals surface area (Å²) in [7, 11) is 0. The fourth-order valence-corrected chi connectivity index (χ4v) is 4.18. The Kier molecular flexibility index (Phi) is 4.96. The molecule has 0 bridgehead atoms. The summed E-state index contributed by atoms with van der Waals surface area (Å²) in [5.74, 6) is -1.11. The van der Waals surface area contributed by atoms with Crippen LogP contribution in [0.4, 0.5) is 5.69 Å². The van der Waals surface area contributed by atoms with Crippen molar-refractivity contribution >= 4 is 23.2 Å². The van der Waals surface area contributed by atoms with E-state index in [1.165, 1.54) is 0 Å². The Morgan fingerprint density at radius 1 is 0.562 bits per heavy atom. The fourth-order valence-electron chi connectivity index (χ4n) is 4.18. The number of hydrogen-bond acceptors (Lipinski definition) is 3. The van der Waals surface area contributed by atoms with Crippen LogP contribution in [0.15, 0.2) is 103 Å². The minimum Gasteiger partial charge on any atom is -0.325 e. The van der Waals surface area contributed by atoms with E-state index in [2.05, 4.69) is 5.32 Å². The molecule has 1 amide bonds. The first-order valence-corrected chi connectivity index (χ1v) is 10.4. The van der Waals surface area contributed by atoms with Crippen LogP contribution in [0.2, 0.25) is 0 Å². The Labute approximate surface area is 185 Å². The zero-order valence-corrected chi connectivity index (χ0v) is 17.1. The highest BCUT2D eigenvalue weighted by atomic mass is 16.2. The molecule has 1 aliphatic rings. The van der Waals surface area contributed by atoms with E-state index in [1.807, 2.05) is 60.7 Å². The summed E-state index contributed by atoms with van der Waals surface area (Å²) in [6.45, 7) is 0. The average Bonchev–Trinajstić information content (AvgIpc) is 2.84. The van der Waals surface area contributed by atoms with Gasteiger partial charge in [0.15, 0.2) is 11.6 Å². The number of hydrogen-bond donors (Lipinski definition) is 1. The van der Waals surface area contributed by atoms with Crippen LogP contribution in [0.5, 0.6) is 0 Å². The van der Waals surface area contributed by atoms with Crippen molar-refractivity contribution in [2.75, 3.05) is 5.32 Å². The number of nitrogens with one attached hydrogen (secondary N) is 1. The molecule has 0 fully saturated rings. The molecule has 1 N–H and O–H groups in total. The first-order chi connectivity index (χ1) is 15.6. The molecule has 4 heteroatoms. The third kappa shape index (κ3) is 3.42. The highest BCUT2D eigenvalue weighted by Crippen LogP contribution is 2.31. The van der Waals surface area contributed by atoms with Crippen molar-refractivity contribution in [1.82, 2.24) is 0 Å². The molecule has 4 aromatic rings. The molecule has 5 rings (SSSR count). The van der Waals surface area contributed by atoms with Crippen LogP contribution >= 0.6 is 0 Å². The van der Waals surface area contributed by atoms with Crippen LogP contribution in [0.25, 0.3) is 0 Å². The van der Waals surface area contributed by atoms with Crippen molar-refractivity contribution in [2.45, 2.75) is 5.92 Å². The second-order valence-electron chi connectivity index (χ2n) is 7.71. The zero-order valence-electron chi connectivity index (χ0n) is 17.1. The van der Waals surface area contributed by atoms with Crippen molar-refractivity contribution in [3.8, 4) is 0 Å². The molecule has 154 valence electrons. The lowest BCUT2D eigenvalue weighted by molar-refractivity contribution is -0.116. The van der Waals surface area contributed by atoms with Gasteiger partial charge >= 0.3 is 0 Å². The summed E-state index contributed by atoms with van der Waals surface area (Å²) in [5, 5.41) is 2.95. The molecule has 0 unspecified atom stereocenters. The summed E-state index contributed by atoms with van der Waals surface area (Å²) < 4.78 is 0. The lowest BCUT2D eigenvalue weighted by Crippen LogP contribution is -2.24. The Balaban J connectivity index is 1.49. The van der Waals surface area contributed by atoms with Crippen LogP contribution in [-0.2, 0) is 4.79 Å². The molecular weight excluding hydrogens is 398 g/mol. The van der Waals surface area contributed by atoms with Gasteiger partial charge in [-0.2, -0.15) is 0 Å². The fraction of sp³-hybridized carbons (Fsp3) is 0.0357. The van der Waals surface area contributed by atoms with Gasteiger partial charge in [0, 0.05) is 27.9 Å². The van der Waals surface area contributed by atoms with Crippen molar-refractivity contribution in [3.05, 3.63) is 137 Å². The summed E-state index contributed by atoms with van der Waals surface area (Å²) in [6, 6.07) is 30.8. The Morgan fingerprint density at radius 3 is 1.59 bits per heavy atom. The molecule has 0 saturated carbocycles. The van der Waals surface area contributed by atoms with Gasteiger partial charge in [0.1, 0.15) is 0 Å². The SMILES string of the molecule is O=C1c2ccccc2C(=O)c2cc(NC(=O)C(c3ccccc3)c3ccccc3)ccc21. The van der Waals surface area contributed by atoms with E-state index in [9.17, 15) is 14.4 Å². The number of carbonyl (C=O) groups is 3. The van der Waals surface area contributed by atoms with Crippen LogP contribution < -0.4 is 5.32 Å². The van der Waals surface area contributed by atoms with Crippen LogP contribution in [0, 0.1) is 0 Å². The first kappa shape index (κ1) is 19.6. The van der Waals surface area contributed by atoms with E-state index >= 15 is 0 Å². The molecule has 0 aromatic heterocycles. The topological polar surface area (TPSA) is 63.2 Å². The van der Waals surface area contributed by atoms with Gasteiger partial charge in [-0.25, -0.2) is 0 Å². The molecule has 1 aliphatic carbocycles. The third-order valence-electron chi connectivity index (χ3n) is 5.72. The Bertz CT molecular complexity index is 1300. The zero-order chi connectivity index (χ0) is 22.1. The normalized spacial score (nSPS) is 12.3. The minimum absolute atomic E-state index is 0.181. The van der Waals surface area contributed by atoms with Crippen LogP contribution in [-0.4, -0.2) is 17.5 Å². The largest absolute Gasteiger partial charge is 0.325 e. The van der Waals surface area contributed by atoms with Crippen LogP contribution in [0.1, 0.15) is 48.9 Å². The second-order valence-corrected chi connectivity index (χ2v) is 7.71. The van der Waals surface area contributed by atoms with Crippen molar-refractivity contribution in [3.63, 3.8) is 0 Å². The van der Waals surface area contributed by atoms with Gasteiger partial charge in [-0.15, -0.1) is 0 Å².